The maximum absolute atomic E-state index is 6.00. The molecule has 0 amide bonds. The molecule has 2 heteroatoms. The highest BCUT2D eigenvalue weighted by atomic mass is 15.2. The summed E-state index contributed by atoms with van der Waals surface area (Å²) in [6.45, 7) is 2.76. The summed E-state index contributed by atoms with van der Waals surface area (Å²) in [4.78, 5) is 2.85. The van der Waals surface area contributed by atoms with E-state index < -0.39 is 0 Å². The van der Waals surface area contributed by atoms with Crippen molar-refractivity contribution in [3.8, 4) is 0 Å². The second kappa shape index (κ2) is 5.27. The van der Waals surface area contributed by atoms with Crippen LogP contribution in [-0.4, -0.2) is 30.1 Å². The van der Waals surface area contributed by atoms with E-state index in [0.29, 0.717) is 6.04 Å². The number of hydrogen-bond donors (Lipinski definition) is 1. The number of rotatable bonds is 2. The van der Waals surface area contributed by atoms with Crippen molar-refractivity contribution in [2.24, 2.45) is 17.6 Å². The van der Waals surface area contributed by atoms with Gasteiger partial charge in [0.15, 0.2) is 0 Å². The van der Waals surface area contributed by atoms with E-state index >= 15 is 0 Å². The summed E-state index contributed by atoms with van der Waals surface area (Å²) in [6, 6.07) is 1.46. The Morgan fingerprint density at radius 3 is 2.47 bits per heavy atom. The average Bonchev–Trinajstić information content (AvgIpc) is 2.81. The van der Waals surface area contributed by atoms with Crippen molar-refractivity contribution in [1.29, 1.82) is 0 Å². The molecule has 2 unspecified atom stereocenters. The molecule has 0 aromatic carbocycles. The fourth-order valence-electron chi connectivity index (χ4n) is 4.49. The quantitative estimate of drug-likeness (QED) is 0.799. The van der Waals surface area contributed by atoms with Gasteiger partial charge in [0.05, 0.1) is 0 Å². The third kappa shape index (κ3) is 2.68. The zero-order valence-corrected chi connectivity index (χ0v) is 11.1. The van der Waals surface area contributed by atoms with Crippen LogP contribution in [0, 0.1) is 11.8 Å². The largest absolute Gasteiger partial charge is 0.328 e. The van der Waals surface area contributed by atoms with Gasteiger partial charge in [0.2, 0.25) is 0 Å². The smallest absolute Gasteiger partial charge is 0.0124 e. The molecule has 0 bridgehead atoms. The Kier molecular flexibility index (Phi) is 3.72. The number of likely N-dealkylation sites (tertiary alicyclic amines) is 1. The Balaban J connectivity index is 1.53. The monoisotopic (exact) mass is 236 g/mol. The minimum Gasteiger partial charge on any atom is -0.328 e. The lowest BCUT2D eigenvalue weighted by Crippen LogP contribution is -2.45. The van der Waals surface area contributed by atoms with E-state index in [4.69, 9.17) is 5.73 Å². The summed E-state index contributed by atoms with van der Waals surface area (Å²) < 4.78 is 0. The van der Waals surface area contributed by atoms with Crippen molar-refractivity contribution in [3.63, 3.8) is 0 Å². The maximum atomic E-state index is 6.00. The first-order valence-electron chi connectivity index (χ1n) is 7.82. The first-order valence-corrected chi connectivity index (χ1v) is 7.82. The maximum Gasteiger partial charge on any atom is 0.0124 e. The summed E-state index contributed by atoms with van der Waals surface area (Å²) in [6.07, 6.45) is 12.8. The predicted octanol–water partition coefficient (Wildman–Crippen LogP) is 2.77. The van der Waals surface area contributed by atoms with E-state index in [1.807, 2.05) is 0 Å². The van der Waals surface area contributed by atoms with Crippen LogP contribution in [0.3, 0.4) is 0 Å². The normalized spacial score (nSPS) is 43.6. The van der Waals surface area contributed by atoms with Crippen molar-refractivity contribution in [2.75, 3.05) is 13.1 Å². The molecule has 1 saturated heterocycles. The van der Waals surface area contributed by atoms with E-state index in [1.165, 1.54) is 70.9 Å². The van der Waals surface area contributed by atoms with E-state index in [1.54, 1.807) is 0 Å². The van der Waals surface area contributed by atoms with Crippen molar-refractivity contribution in [1.82, 2.24) is 4.90 Å². The first kappa shape index (κ1) is 12.0. The highest BCUT2D eigenvalue weighted by molar-refractivity contribution is 4.90. The molecule has 3 rings (SSSR count). The molecule has 2 saturated carbocycles. The number of fused-ring (bicyclic) bond motifs is 1. The van der Waals surface area contributed by atoms with Crippen molar-refractivity contribution >= 4 is 0 Å². The van der Waals surface area contributed by atoms with Crippen LogP contribution in [0.15, 0.2) is 0 Å². The molecule has 98 valence electrons. The summed E-state index contributed by atoms with van der Waals surface area (Å²) >= 11 is 0. The predicted molar refractivity (Wildman–Crippen MR) is 71.9 cm³/mol. The summed E-state index contributed by atoms with van der Waals surface area (Å²) in [5, 5.41) is 0. The van der Waals surface area contributed by atoms with Gasteiger partial charge in [0, 0.05) is 18.6 Å². The van der Waals surface area contributed by atoms with Gasteiger partial charge in [-0.25, -0.2) is 0 Å². The molecule has 3 aliphatic rings. The molecule has 1 heterocycles. The van der Waals surface area contributed by atoms with E-state index in [2.05, 4.69) is 4.90 Å². The topological polar surface area (TPSA) is 29.3 Å². The molecular weight excluding hydrogens is 208 g/mol. The van der Waals surface area contributed by atoms with E-state index in [9.17, 15) is 0 Å². The zero-order valence-electron chi connectivity index (χ0n) is 11.1. The second-order valence-electron chi connectivity index (χ2n) is 6.68. The van der Waals surface area contributed by atoms with Crippen LogP contribution < -0.4 is 5.73 Å². The van der Waals surface area contributed by atoms with Gasteiger partial charge in [-0.1, -0.05) is 6.42 Å². The molecule has 2 nitrogen and oxygen atoms in total. The second-order valence-corrected chi connectivity index (χ2v) is 6.68. The Bertz CT molecular complexity index is 245. The van der Waals surface area contributed by atoms with Crippen molar-refractivity contribution < 1.29 is 0 Å². The number of piperidine rings is 1. The molecule has 2 N–H and O–H groups in total. The molecule has 2 atom stereocenters. The minimum atomic E-state index is 0.506. The summed E-state index contributed by atoms with van der Waals surface area (Å²) in [7, 11) is 0. The molecule has 0 radical (unpaired) electrons. The van der Waals surface area contributed by atoms with Crippen LogP contribution in [0.1, 0.15) is 57.8 Å². The Morgan fingerprint density at radius 1 is 0.882 bits per heavy atom. The summed E-state index contributed by atoms with van der Waals surface area (Å²) in [5.41, 5.74) is 6.00. The number of hydrogen-bond acceptors (Lipinski definition) is 2. The van der Waals surface area contributed by atoms with Gasteiger partial charge in [-0.3, -0.25) is 4.90 Å². The van der Waals surface area contributed by atoms with Crippen LogP contribution in [-0.2, 0) is 0 Å². The molecule has 0 spiro atoms. The summed E-state index contributed by atoms with van der Waals surface area (Å²) in [5.74, 6) is 2.00. The molecule has 1 aliphatic heterocycles. The average molecular weight is 236 g/mol. The van der Waals surface area contributed by atoms with E-state index in [0.717, 1.165) is 17.9 Å². The van der Waals surface area contributed by atoms with Gasteiger partial charge in [-0.15, -0.1) is 0 Å². The molecule has 2 aliphatic carbocycles. The third-order valence-corrected chi connectivity index (χ3v) is 5.49. The van der Waals surface area contributed by atoms with Crippen molar-refractivity contribution in [3.05, 3.63) is 0 Å². The molecule has 3 fully saturated rings. The Morgan fingerprint density at radius 2 is 1.65 bits per heavy atom. The molecular formula is C15H28N2. The Labute approximate surface area is 106 Å². The first-order chi connectivity index (χ1) is 8.33. The lowest BCUT2D eigenvalue weighted by molar-refractivity contribution is 0.0846. The standard InChI is InChI=1S/C15H28N2/c16-14-8-6-12(7-9-14)11-17-10-2-4-13-3-1-5-15(13)17/h12-15H,1-11,16H2. The van der Waals surface area contributed by atoms with Crippen LogP contribution in [0.4, 0.5) is 0 Å². The van der Waals surface area contributed by atoms with Gasteiger partial charge < -0.3 is 5.73 Å². The Hall–Kier alpha value is -0.0800. The molecule has 0 aromatic heterocycles. The highest BCUT2D eigenvalue weighted by Crippen LogP contribution is 2.38. The van der Waals surface area contributed by atoms with E-state index in [-0.39, 0.29) is 0 Å². The molecule has 17 heavy (non-hydrogen) atoms. The molecule has 0 aromatic rings. The minimum absolute atomic E-state index is 0.506. The van der Waals surface area contributed by atoms with Gasteiger partial charge >= 0.3 is 0 Å². The van der Waals surface area contributed by atoms with Gasteiger partial charge in [0.25, 0.3) is 0 Å². The fourth-order valence-corrected chi connectivity index (χ4v) is 4.49. The van der Waals surface area contributed by atoms with Crippen LogP contribution in [0.25, 0.3) is 0 Å². The van der Waals surface area contributed by atoms with Gasteiger partial charge in [0.1, 0.15) is 0 Å². The van der Waals surface area contributed by atoms with Crippen LogP contribution in [0.5, 0.6) is 0 Å². The lowest BCUT2D eigenvalue weighted by atomic mass is 9.84. The van der Waals surface area contributed by atoms with Crippen molar-refractivity contribution in [2.45, 2.75) is 69.9 Å². The SMILES string of the molecule is NC1CCC(CN2CCCC3CCCC32)CC1. The van der Waals surface area contributed by atoms with Crippen LogP contribution >= 0.6 is 0 Å². The number of nitrogens with zero attached hydrogens (tertiary/aromatic N) is 1. The fraction of sp³-hybridized carbons (Fsp3) is 1.00. The highest BCUT2D eigenvalue weighted by Gasteiger charge is 2.35. The van der Waals surface area contributed by atoms with Gasteiger partial charge in [-0.2, -0.15) is 0 Å². The third-order valence-electron chi connectivity index (χ3n) is 5.49. The van der Waals surface area contributed by atoms with Crippen LogP contribution in [0.2, 0.25) is 0 Å². The number of nitrogens with two attached hydrogens (primary N) is 1. The van der Waals surface area contributed by atoms with Gasteiger partial charge in [-0.05, 0) is 69.7 Å². The lowest BCUT2D eigenvalue weighted by Gasteiger charge is -2.40. The zero-order chi connectivity index (χ0) is 11.7.